The van der Waals surface area contributed by atoms with Gasteiger partial charge >= 0.3 is 0 Å². The molecule has 110 valence electrons. The first-order valence-corrected chi connectivity index (χ1v) is 7.38. The SMILES string of the molecule is C/C=C/CCNC(c1ccccc1)c1ccc(OC)cc1. The topological polar surface area (TPSA) is 21.3 Å². The van der Waals surface area contributed by atoms with Crippen LogP contribution in [0.2, 0.25) is 0 Å². The van der Waals surface area contributed by atoms with Crippen LogP contribution in [0.25, 0.3) is 0 Å². The standard InChI is InChI=1S/C19H23NO/c1-3-4-8-15-20-19(16-9-6-5-7-10-16)17-11-13-18(21-2)14-12-17/h3-7,9-14,19-20H,8,15H2,1-2H3/b4-3+. The third kappa shape index (κ3) is 4.47. The Morgan fingerprint density at radius 3 is 2.29 bits per heavy atom. The molecule has 0 aromatic heterocycles. The van der Waals surface area contributed by atoms with E-state index < -0.39 is 0 Å². The first kappa shape index (κ1) is 15.3. The average molecular weight is 281 g/mol. The van der Waals surface area contributed by atoms with Crippen LogP contribution in [-0.2, 0) is 0 Å². The molecule has 0 aliphatic carbocycles. The molecule has 0 radical (unpaired) electrons. The maximum atomic E-state index is 5.24. The predicted octanol–water partition coefficient (Wildman–Crippen LogP) is 4.34. The summed E-state index contributed by atoms with van der Waals surface area (Å²) in [4.78, 5) is 0. The number of rotatable bonds is 7. The fourth-order valence-electron chi connectivity index (χ4n) is 2.35. The maximum Gasteiger partial charge on any atom is 0.118 e. The van der Waals surface area contributed by atoms with E-state index in [1.54, 1.807) is 7.11 Å². The molecule has 0 saturated carbocycles. The van der Waals surface area contributed by atoms with Gasteiger partial charge in [0.15, 0.2) is 0 Å². The summed E-state index contributed by atoms with van der Waals surface area (Å²) in [5, 5.41) is 3.63. The second-order valence-electron chi connectivity index (χ2n) is 4.93. The molecule has 0 aliphatic rings. The summed E-state index contributed by atoms with van der Waals surface area (Å²) in [6.45, 7) is 3.01. The fourth-order valence-corrected chi connectivity index (χ4v) is 2.35. The van der Waals surface area contributed by atoms with E-state index in [-0.39, 0.29) is 6.04 Å². The fraction of sp³-hybridized carbons (Fsp3) is 0.263. The molecule has 0 spiro atoms. The Balaban J connectivity index is 2.18. The molecule has 2 aromatic carbocycles. The monoisotopic (exact) mass is 281 g/mol. The third-order valence-electron chi connectivity index (χ3n) is 3.48. The van der Waals surface area contributed by atoms with Gasteiger partial charge in [0.05, 0.1) is 13.2 Å². The van der Waals surface area contributed by atoms with Gasteiger partial charge in [-0.25, -0.2) is 0 Å². The van der Waals surface area contributed by atoms with Crippen LogP contribution in [-0.4, -0.2) is 13.7 Å². The van der Waals surface area contributed by atoms with Gasteiger partial charge in [-0.1, -0.05) is 54.6 Å². The minimum atomic E-state index is 0.211. The van der Waals surface area contributed by atoms with Crippen LogP contribution in [0, 0.1) is 0 Å². The van der Waals surface area contributed by atoms with Crippen LogP contribution in [0.4, 0.5) is 0 Å². The average Bonchev–Trinajstić information content (AvgIpc) is 2.56. The number of nitrogens with one attached hydrogen (secondary N) is 1. The first-order chi connectivity index (χ1) is 10.3. The van der Waals surface area contributed by atoms with E-state index in [0.29, 0.717) is 0 Å². The van der Waals surface area contributed by atoms with Crippen molar-refractivity contribution in [2.45, 2.75) is 19.4 Å². The summed E-state index contributed by atoms with van der Waals surface area (Å²) in [6.07, 6.45) is 5.31. The zero-order chi connectivity index (χ0) is 14.9. The Morgan fingerprint density at radius 1 is 1.00 bits per heavy atom. The molecule has 21 heavy (non-hydrogen) atoms. The summed E-state index contributed by atoms with van der Waals surface area (Å²) in [7, 11) is 1.69. The minimum absolute atomic E-state index is 0.211. The van der Waals surface area contributed by atoms with Crippen LogP contribution < -0.4 is 10.1 Å². The van der Waals surface area contributed by atoms with Crippen molar-refractivity contribution < 1.29 is 4.74 Å². The van der Waals surface area contributed by atoms with Crippen LogP contribution in [0.1, 0.15) is 30.5 Å². The number of hydrogen-bond donors (Lipinski definition) is 1. The molecule has 0 fully saturated rings. The number of hydrogen-bond acceptors (Lipinski definition) is 2. The van der Waals surface area contributed by atoms with Crippen molar-refractivity contribution in [1.29, 1.82) is 0 Å². The second kappa shape index (κ2) is 8.28. The van der Waals surface area contributed by atoms with Gasteiger partial charge in [0, 0.05) is 0 Å². The largest absolute Gasteiger partial charge is 0.497 e. The van der Waals surface area contributed by atoms with E-state index in [0.717, 1.165) is 18.7 Å². The van der Waals surface area contributed by atoms with E-state index in [2.05, 4.69) is 66.9 Å². The van der Waals surface area contributed by atoms with Gasteiger partial charge in [-0.15, -0.1) is 0 Å². The summed E-state index contributed by atoms with van der Waals surface area (Å²) in [6, 6.07) is 19.0. The van der Waals surface area contributed by atoms with Gasteiger partial charge < -0.3 is 10.1 Å². The molecule has 1 unspecified atom stereocenters. The zero-order valence-corrected chi connectivity index (χ0v) is 12.8. The highest BCUT2D eigenvalue weighted by Gasteiger charge is 2.12. The molecule has 0 heterocycles. The molecule has 2 nitrogen and oxygen atoms in total. The maximum absolute atomic E-state index is 5.24. The first-order valence-electron chi connectivity index (χ1n) is 7.38. The van der Waals surface area contributed by atoms with Crippen molar-refractivity contribution in [3.05, 3.63) is 77.9 Å². The van der Waals surface area contributed by atoms with Crippen molar-refractivity contribution >= 4 is 0 Å². The van der Waals surface area contributed by atoms with Crippen molar-refractivity contribution in [2.75, 3.05) is 13.7 Å². The third-order valence-corrected chi connectivity index (χ3v) is 3.48. The Hall–Kier alpha value is -2.06. The Morgan fingerprint density at radius 2 is 1.67 bits per heavy atom. The van der Waals surface area contributed by atoms with Gasteiger partial charge in [-0.05, 0) is 43.1 Å². The van der Waals surface area contributed by atoms with Crippen LogP contribution in [0.3, 0.4) is 0 Å². The van der Waals surface area contributed by atoms with Crippen LogP contribution in [0.5, 0.6) is 5.75 Å². The highest BCUT2D eigenvalue weighted by Crippen LogP contribution is 2.24. The molecule has 0 amide bonds. The number of methoxy groups -OCH3 is 1. The lowest BCUT2D eigenvalue weighted by Gasteiger charge is -2.20. The van der Waals surface area contributed by atoms with Crippen molar-refractivity contribution in [1.82, 2.24) is 5.32 Å². The molecule has 2 rings (SSSR count). The van der Waals surface area contributed by atoms with Gasteiger partial charge in [0.25, 0.3) is 0 Å². The van der Waals surface area contributed by atoms with Gasteiger partial charge in [-0.3, -0.25) is 0 Å². The molecule has 2 aromatic rings. The molecule has 2 heteroatoms. The quantitative estimate of drug-likeness (QED) is 0.602. The smallest absolute Gasteiger partial charge is 0.118 e. The molecule has 0 saturated heterocycles. The number of ether oxygens (including phenoxy) is 1. The van der Waals surface area contributed by atoms with Crippen molar-refractivity contribution in [3.8, 4) is 5.75 Å². The molecule has 0 aliphatic heterocycles. The summed E-state index contributed by atoms with van der Waals surface area (Å²) in [5.41, 5.74) is 2.53. The minimum Gasteiger partial charge on any atom is -0.497 e. The molecule has 1 atom stereocenters. The zero-order valence-electron chi connectivity index (χ0n) is 12.8. The van der Waals surface area contributed by atoms with Crippen LogP contribution in [0.15, 0.2) is 66.7 Å². The molecule has 1 N–H and O–H groups in total. The Labute approximate surface area is 127 Å². The lowest BCUT2D eigenvalue weighted by atomic mass is 9.98. The summed E-state index contributed by atoms with van der Waals surface area (Å²) in [5.74, 6) is 0.888. The Kier molecular flexibility index (Phi) is 6.04. The number of allylic oxidation sites excluding steroid dienone is 1. The predicted molar refractivity (Wildman–Crippen MR) is 88.7 cm³/mol. The highest BCUT2D eigenvalue weighted by molar-refractivity contribution is 5.35. The van der Waals surface area contributed by atoms with Crippen LogP contribution >= 0.6 is 0 Å². The second-order valence-corrected chi connectivity index (χ2v) is 4.93. The molecule has 0 bridgehead atoms. The highest BCUT2D eigenvalue weighted by atomic mass is 16.5. The van der Waals surface area contributed by atoms with E-state index in [1.807, 2.05) is 12.1 Å². The summed E-state index contributed by atoms with van der Waals surface area (Å²) >= 11 is 0. The molecular formula is C19H23NO. The number of benzene rings is 2. The van der Waals surface area contributed by atoms with E-state index in [4.69, 9.17) is 4.74 Å². The normalized spacial score (nSPS) is 12.5. The summed E-state index contributed by atoms with van der Waals surface area (Å²) < 4.78 is 5.24. The lowest BCUT2D eigenvalue weighted by molar-refractivity contribution is 0.414. The molecular weight excluding hydrogens is 258 g/mol. The Bertz CT molecular complexity index is 546. The van der Waals surface area contributed by atoms with E-state index in [1.165, 1.54) is 11.1 Å². The van der Waals surface area contributed by atoms with Gasteiger partial charge in [0.2, 0.25) is 0 Å². The van der Waals surface area contributed by atoms with Crippen molar-refractivity contribution in [3.63, 3.8) is 0 Å². The van der Waals surface area contributed by atoms with Gasteiger partial charge in [0.1, 0.15) is 5.75 Å². The van der Waals surface area contributed by atoms with E-state index >= 15 is 0 Å². The lowest BCUT2D eigenvalue weighted by Crippen LogP contribution is -2.23. The van der Waals surface area contributed by atoms with E-state index in [9.17, 15) is 0 Å². The van der Waals surface area contributed by atoms with Crippen molar-refractivity contribution in [2.24, 2.45) is 0 Å². The van der Waals surface area contributed by atoms with Gasteiger partial charge in [-0.2, -0.15) is 0 Å².